The third kappa shape index (κ3) is 6.94. The second kappa shape index (κ2) is 12.2. The zero-order valence-electron chi connectivity index (χ0n) is 20.2. The van der Waals surface area contributed by atoms with Crippen LogP contribution in [0, 0.1) is 5.92 Å². The molecule has 5 amide bonds. The molecule has 0 aromatic heterocycles. The fourth-order valence-corrected chi connectivity index (χ4v) is 3.28. The van der Waals surface area contributed by atoms with Gasteiger partial charge in [-0.05, 0) is 50.7 Å². The van der Waals surface area contributed by atoms with Crippen LogP contribution in [0.15, 0.2) is 18.2 Å². The molecule has 182 valence electrons. The minimum atomic E-state index is -1.03. The lowest BCUT2D eigenvalue weighted by molar-refractivity contribution is -0.140. The first-order valence-corrected chi connectivity index (χ1v) is 11.6. The predicted molar refractivity (Wildman–Crippen MR) is 124 cm³/mol. The van der Waals surface area contributed by atoms with Crippen LogP contribution in [0.4, 0.5) is 10.5 Å². The highest BCUT2D eigenvalue weighted by Crippen LogP contribution is 2.34. The van der Waals surface area contributed by atoms with Gasteiger partial charge in [0.1, 0.15) is 6.54 Å². The van der Waals surface area contributed by atoms with Crippen molar-refractivity contribution in [3.05, 3.63) is 18.2 Å². The van der Waals surface area contributed by atoms with Gasteiger partial charge >= 0.3 is 17.8 Å². The molecule has 0 aliphatic carbocycles. The standard InChI is InChI=1S/C24H35N3O6/c1-6-12-32-19-11-10-18(14-20(19)33-13-7-2)27-23(30)22(29)26(24(27)31)15-21(28)25-17(5)9-8-16(3)4/h10-11,14,16-17H,6-9,12-13,15H2,1-5H3,(H,25,28). The van der Waals surface area contributed by atoms with Gasteiger partial charge in [-0.15, -0.1) is 0 Å². The molecule has 1 atom stereocenters. The first-order valence-electron chi connectivity index (χ1n) is 11.6. The van der Waals surface area contributed by atoms with Gasteiger partial charge in [0.15, 0.2) is 11.5 Å². The van der Waals surface area contributed by atoms with Crippen molar-refractivity contribution in [2.45, 2.75) is 66.3 Å². The van der Waals surface area contributed by atoms with Crippen molar-refractivity contribution < 1.29 is 28.7 Å². The Morgan fingerprint density at radius 3 is 2.18 bits per heavy atom. The molecule has 1 unspecified atom stereocenters. The van der Waals surface area contributed by atoms with E-state index < -0.39 is 30.3 Å². The summed E-state index contributed by atoms with van der Waals surface area (Å²) in [5.74, 6) is -1.16. The lowest BCUT2D eigenvalue weighted by atomic mass is 10.0. The molecule has 1 heterocycles. The van der Waals surface area contributed by atoms with E-state index in [0.29, 0.717) is 35.5 Å². The molecule has 1 aliphatic rings. The monoisotopic (exact) mass is 461 g/mol. The van der Waals surface area contributed by atoms with Gasteiger partial charge < -0.3 is 14.8 Å². The number of carbonyl (C=O) groups is 4. The van der Waals surface area contributed by atoms with Gasteiger partial charge in [0.05, 0.1) is 18.9 Å². The number of hydrogen-bond acceptors (Lipinski definition) is 6. The number of urea groups is 1. The zero-order chi connectivity index (χ0) is 24.5. The van der Waals surface area contributed by atoms with Crippen LogP contribution in [0.1, 0.15) is 60.3 Å². The normalized spacial score (nSPS) is 14.8. The van der Waals surface area contributed by atoms with Crippen molar-refractivity contribution in [3.8, 4) is 11.5 Å². The molecule has 1 aliphatic heterocycles. The molecule has 1 aromatic carbocycles. The van der Waals surface area contributed by atoms with E-state index >= 15 is 0 Å². The van der Waals surface area contributed by atoms with Crippen LogP contribution in [0.2, 0.25) is 0 Å². The third-order valence-corrected chi connectivity index (χ3v) is 5.05. The van der Waals surface area contributed by atoms with Gasteiger partial charge in [-0.1, -0.05) is 27.7 Å². The molecule has 33 heavy (non-hydrogen) atoms. The maximum absolute atomic E-state index is 12.9. The Morgan fingerprint density at radius 1 is 0.939 bits per heavy atom. The van der Waals surface area contributed by atoms with Crippen LogP contribution in [-0.2, 0) is 14.4 Å². The summed E-state index contributed by atoms with van der Waals surface area (Å²) in [6.45, 7) is 10.4. The minimum absolute atomic E-state index is 0.103. The highest BCUT2D eigenvalue weighted by Gasteiger charge is 2.46. The summed E-state index contributed by atoms with van der Waals surface area (Å²) >= 11 is 0. The maximum Gasteiger partial charge on any atom is 0.339 e. The fourth-order valence-electron chi connectivity index (χ4n) is 3.28. The van der Waals surface area contributed by atoms with E-state index in [-0.39, 0.29) is 11.7 Å². The van der Waals surface area contributed by atoms with E-state index in [1.807, 2.05) is 20.8 Å². The fraction of sp³-hybridized carbons (Fsp3) is 0.583. The number of anilines is 1. The Hall–Kier alpha value is -3.10. The van der Waals surface area contributed by atoms with Crippen molar-refractivity contribution in [3.63, 3.8) is 0 Å². The molecule has 9 nitrogen and oxygen atoms in total. The number of amides is 5. The average molecular weight is 462 g/mol. The number of carbonyl (C=O) groups excluding carboxylic acids is 4. The van der Waals surface area contributed by atoms with Crippen LogP contribution < -0.4 is 19.7 Å². The minimum Gasteiger partial charge on any atom is -0.490 e. The van der Waals surface area contributed by atoms with E-state index in [2.05, 4.69) is 19.2 Å². The first kappa shape index (κ1) is 26.2. The van der Waals surface area contributed by atoms with Gasteiger partial charge in [0.2, 0.25) is 5.91 Å². The molecular weight excluding hydrogens is 426 g/mol. The summed E-state index contributed by atoms with van der Waals surface area (Å²) in [4.78, 5) is 51.8. The highest BCUT2D eigenvalue weighted by molar-refractivity contribution is 6.53. The molecule has 2 rings (SSSR count). The van der Waals surface area contributed by atoms with Crippen molar-refractivity contribution in [1.29, 1.82) is 0 Å². The smallest absolute Gasteiger partial charge is 0.339 e. The molecule has 1 N–H and O–H groups in total. The number of imide groups is 2. The van der Waals surface area contributed by atoms with Gasteiger partial charge in [0, 0.05) is 12.1 Å². The summed E-state index contributed by atoms with van der Waals surface area (Å²) in [7, 11) is 0. The number of rotatable bonds is 13. The van der Waals surface area contributed by atoms with Crippen LogP contribution in [0.3, 0.4) is 0 Å². The molecule has 0 spiro atoms. The second-order valence-electron chi connectivity index (χ2n) is 8.58. The number of hydrogen-bond donors (Lipinski definition) is 1. The van der Waals surface area contributed by atoms with E-state index in [1.54, 1.807) is 6.07 Å². The third-order valence-electron chi connectivity index (χ3n) is 5.05. The van der Waals surface area contributed by atoms with Gasteiger partial charge in [-0.3, -0.25) is 14.4 Å². The molecule has 9 heteroatoms. The van der Waals surface area contributed by atoms with Gasteiger partial charge in [-0.25, -0.2) is 14.6 Å². The molecule has 0 radical (unpaired) electrons. The second-order valence-corrected chi connectivity index (χ2v) is 8.58. The Morgan fingerprint density at radius 2 is 1.58 bits per heavy atom. The Labute approximate surface area is 195 Å². The summed E-state index contributed by atoms with van der Waals surface area (Å²) in [5, 5.41) is 2.78. The number of benzene rings is 1. The molecule has 0 saturated carbocycles. The Balaban J connectivity index is 2.15. The SMILES string of the molecule is CCCOc1ccc(N2C(=O)C(=O)N(CC(=O)NC(C)CCC(C)C)C2=O)cc1OCCC. The summed E-state index contributed by atoms with van der Waals surface area (Å²) in [6, 6.07) is 3.66. The van der Waals surface area contributed by atoms with Gasteiger partial charge in [0.25, 0.3) is 0 Å². The first-order chi connectivity index (χ1) is 15.7. The zero-order valence-corrected chi connectivity index (χ0v) is 20.2. The predicted octanol–water partition coefficient (Wildman–Crippen LogP) is 3.50. The van der Waals surface area contributed by atoms with E-state index in [4.69, 9.17) is 9.47 Å². The summed E-state index contributed by atoms with van der Waals surface area (Å²) in [6.07, 6.45) is 3.29. The average Bonchev–Trinajstić information content (AvgIpc) is 2.98. The van der Waals surface area contributed by atoms with E-state index in [9.17, 15) is 19.2 Å². The largest absolute Gasteiger partial charge is 0.490 e. The van der Waals surface area contributed by atoms with Crippen LogP contribution in [0.25, 0.3) is 0 Å². The highest BCUT2D eigenvalue weighted by atomic mass is 16.5. The van der Waals surface area contributed by atoms with Crippen LogP contribution >= 0.6 is 0 Å². The number of nitrogens with zero attached hydrogens (tertiary/aromatic N) is 2. The van der Waals surface area contributed by atoms with Gasteiger partial charge in [-0.2, -0.15) is 0 Å². The number of ether oxygens (including phenoxy) is 2. The Kier molecular flexibility index (Phi) is 9.69. The lowest BCUT2D eigenvalue weighted by Gasteiger charge is -2.19. The van der Waals surface area contributed by atoms with E-state index in [1.165, 1.54) is 12.1 Å². The molecular formula is C24H35N3O6. The summed E-state index contributed by atoms with van der Waals surface area (Å²) in [5.41, 5.74) is 0.182. The summed E-state index contributed by atoms with van der Waals surface area (Å²) < 4.78 is 11.4. The molecule has 1 fully saturated rings. The van der Waals surface area contributed by atoms with Crippen molar-refractivity contribution >= 4 is 29.4 Å². The molecule has 1 aromatic rings. The molecule has 1 saturated heterocycles. The van der Waals surface area contributed by atoms with Crippen molar-refractivity contribution in [2.75, 3.05) is 24.7 Å². The number of nitrogens with one attached hydrogen (secondary N) is 1. The quantitative estimate of drug-likeness (QED) is 0.356. The van der Waals surface area contributed by atoms with Crippen LogP contribution in [-0.4, -0.2) is 54.5 Å². The lowest BCUT2D eigenvalue weighted by Crippen LogP contribution is -2.44. The maximum atomic E-state index is 12.9. The van der Waals surface area contributed by atoms with Crippen LogP contribution in [0.5, 0.6) is 11.5 Å². The Bertz CT molecular complexity index is 870. The van der Waals surface area contributed by atoms with E-state index in [0.717, 1.165) is 30.6 Å². The van der Waals surface area contributed by atoms with Crippen molar-refractivity contribution in [2.24, 2.45) is 5.92 Å². The molecule has 0 bridgehead atoms. The topological polar surface area (TPSA) is 105 Å². The van der Waals surface area contributed by atoms with Crippen molar-refractivity contribution in [1.82, 2.24) is 10.2 Å².